The zero-order valence-corrected chi connectivity index (χ0v) is 20.2. The summed E-state index contributed by atoms with van der Waals surface area (Å²) in [6.07, 6.45) is 3.95. The molecule has 0 aliphatic carbocycles. The molecule has 35 heavy (non-hydrogen) atoms. The van der Waals surface area contributed by atoms with E-state index in [9.17, 15) is 17.9 Å². The van der Waals surface area contributed by atoms with Crippen molar-refractivity contribution in [3.63, 3.8) is 0 Å². The van der Waals surface area contributed by atoms with E-state index in [1.54, 1.807) is 42.6 Å². The molecule has 2 heterocycles. The van der Waals surface area contributed by atoms with E-state index in [4.69, 9.17) is 9.88 Å². The van der Waals surface area contributed by atoms with Gasteiger partial charge in [0.2, 0.25) is 10.0 Å². The minimum Gasteiger partial charge on any atom is -0.494 e. The zero-order chi connectivity index (χ0) is 24.9. The van der Waals surface area contributed by atoms with Crippen LogP contribution in [0, 0.1) is 11.7 Å². The van der Waals surface area contributed by atoms with Crippen LogP contribution in [0.3, 0.4) is 0 Å². The van der Waals surface area contributed by atoms with Crippen molar-refractivity contribution in [2.24, 2.45) is 11.1 Å². The number of aliphatic hydroxyl groups is 1. The topological polar surface area (TPSA) is 106 Å². The number of rotatable bonds is 9. The number of sulfonamides is 1. The Hall–Kier alpha value is -2.85. The maximum atomic E-state index is 14.0. The molecule has 7 nitrogen and oxygen atoms in total. The first-order chi connectivity index (χ1) is 16.8. The van der Waals surface area contributed by atoms with Crippen LogP contribution in [0.5, 0.6) is 5.75 Å². The highest BCUT2D eigenvalue weighted by Crippen LogP contribution is 2.41. The van der Waals surface area contributed by atoms with Gasteiger partial charge >= 0.3 is 0 Å². The minimum absolute atomic E-state index is 0.0524. The standard InChI is InChI=1S/C26H30FN3O4S/c27-22-6-3-5-21(19-22)26(31,25-7-1-2-14-29-25)20-12-16-30(17-13-20)15-4-18-34-23-8-10-24(11-9-23)35(28,32)33/h1-3,5-11,14,19-20,31H,4,12-13,15-18H2,(H2,28,32,33)/t26-/m1/s1. The fraction of sp³-hybridized carbons (Fsp3) is 0.346. The molecule has 0 amide bonds. The fourth-order valence-electron chi connectivity index (χ4n) is 4.68. The Morgan fingerprint density at radius 1 is 1.09 bits per heavy atom. The average Bonchev–Trinajstić information content (AvgIpc) is 2.87. The number of ether oxygens (including phenoxy) is 1. The van der Waals surface area contributed by atoms with Crippen LogP contribution < -0.4 is 9.88 Å². The summed E-state index contributed by atoms with van der Waals surface area (Å²) in [6, 6.07) is 17.6. The quantitative estimate of drug-likeness (QED) is 0.438. The average molecular weight is 500 g/mol. The van der Waals surface area contributed by atoms with E-state index in [1.807, 2.05) is 6.07 Å². The number of primary sulfonamides is 1. The van der Waals surface area contributed by atoms with Crippen molar-refractivity contribution in [2.75, 3.05) is 26.2 Å². The number of aromatic nitrogens is 1. The maximum Gasteiger partial charge on any atom is 0.238 e. The van der Waals surface area contributed by atoms with Gasteiger partial charge in [-0.25, -0.2) is 17.9 Å². The summed E-state index contributed by atoms with van der Waals surface area (Å²) in [7, 11) is -3.71. The number of hydrogen-bond donors (Lipinski definition) is 2. The fourth-order valence-corrected chi connectivity index (χ4v) is 5.20. The predicted octanol–water partition coefficient (Wildman–Crippen LogP) is 3.29. The molecule has 1 aromatic heterocycles. The predicted molar refractivity (Wildman–Crippen MR) is 131 cm³/mol. The highest BCUT2D eigenvalue weighted by molar-refractivity contribution is 7.89. The van der Waals surface area contributed by atoms with Gasteiger partial charge in [-0.05, 0) is 86.4 Å². The van der Waals surface area contributed by atoms with Crippen LogP contribution in [-0.2, 0) is 15.6 Å². The second-order valence-electron chi connectivity index (χ2n) is 8.83. The summed E-state index contributed by atoms with van der Waals surface area (Å²) in [5.41, 5.74) is -0.302. The SMILES string of the molecule is NS(=O)(=O)c1ccc(OCCCN2CCC([C@@](O)(c3cccc(F)c3)c3ccccn3)CC2)cc1. The van der Waals surface area contributed by atoms with Crippen LogP contribution in [0.15, 0.2) is 77.8 Å². The second-order valence-corrected chi connectivity index (χ2v) is 10.4. The first-order valence-corrected chi connectivity index (χ1v) is 13.2. The molecular weight excluding hydrogens is 469 g/mol. The number of nitrogens with zero attached hydrogens (tertiary/aromatic N) is 2. The Balaban J connectivity index is 1.32. The number of hydrogen-bond acceptors (Lipinski definition) is 6. The van der Waals surface area contributed by atoms with E-state index >= 15 is 0 Å². The van der Waals surface area contributed by atoms with Crippen LogP contribution >= 0.6 is 0 Å². The number of likely N-dealkylation sites (tertiary alicyclic amines) is 1. The molecule has 0 saturated carbocycles. The van der Waals surface area contributed by atoms with Crippen molar-refractivity contribution in [3.8, 4) is 5.75 Å². The van der Waals surface area contributed by atoms with Gasteiger partial charge in [0.25, 0.3) is 0 Å². The lowest BCUT2D eigenvalue weighted by Crippen LogP contribution is -2.45. The van der Waals surface area contributed by atoms with Crippen LogP contribution in [0.25, 0.3) is 0 Å². The summed E-state index contributed by atoms with van der Waals surface area (Å²) in [5.74, 6) is 0.115. The van der Waals surface area contributed by atoms with E-state index in [0.29, 0.717) is 23.6 Å². The minimum atomic E-state index is -3.71. The first kappa shape index (κ1) is 25.2. The molecule has 0 bridgehead atoms. The normalized spacial score (nSPS) is 17.1. The molecule has 4 rings (SSSR count). The molecule has 0 unspecified atom stereocenters. The Kier molecular flexibility index (Phi) is 7.81. The van der Waals surface area contributed by atoms with Crippen molar-refractivity contribution < 1.29 is 22.7 Å². The molecule has 0 spiro atoms. The highest BCUT2D eigenvalue weighted by Gasteiger charge is 2.42. The molecule has 3 aromatic rings. The van der Waals surface area contributed by atoms with Gasteiger partial charge in [0, 0.05) is 18.7 Å². The number of benzene rings is 2. The smallest absolute Gasteiger partial charge is 0.238 e. The van der Waals surface area contributed by atoms with Gasteiger partial charge in [0.05, 0.1) is 17.2 Å². The van der Waals surface area contributed by atoms with E-state index < -0.39 is 15.6 Å². The molecule has 1 saturated heterocycles. The monoisotopic (exact) mass is 499 g/mol. The van der Waals surface area contributed by atoms with Crippen LogP contribution in [-0.4, -0.2) is 49.6 Å². The van der Waals surface area contributed by atoms with Crippen molar-refractivity contribution in [2.45, 2.75) is 29.8 Å². The van der Waals surface area contributed by atoms with Gasteiger partial charge in [-0.1, -0.05) is 18.2 Å². The van der Waals surface area contributed by atoms with Crippen LogP contribution in [0.4, 0.5) is 4.39 Å². The summed E-state index contributed by atoms with van der Waals surface area (Å²) in [4.78, 5) is 6.80. The molecule has 3 N–H and O–H groups in total. The van der Waals surface area contributed by atoms with Gasteiger partial charge in [0.1, 0.15) is 17.2 Å². The van der Waals surface area contributed by atoms with E-state index in [1.165, 1.54) is 24.3 Å². The van der Waals surface area contributed by atoms with Gasteiger partial charge in [-0.2, -0.15) is 0 Å². The van der Waals surface area contributed by atoms with E-state index in [2.05, 4.69) is 9.88 Å². The lowest BCUT2D eigenvalue weighted by molar-refractivity contribution is -0.0180. The molecule has 0 radical (unpaired) electrons. The van der Waals surface area contributed by atoms with Gasteiger partial charge in [0.15, 0.2) is 0 Å². The van der Waals surface area contributed by atoms with E-state index in [0.717, 1.165) is 38.9 Å². The highest BCUT2D eigenvalue weighted by atomic mass is 32.2. The Morgan fingerprint density at radius 3 is 2.46 bits per heavy atom. The number of piperidine rings is 1. The lowest BCUT2D eigenvalue weighted by Gasteiger charge is -2.41. The second kappa shape index (κ2) is 10.8. The van der Waals surface area contributed by atoms with Gasteiger partial charge in [-0.3, -0.25) is 4.98 Å². The molecule has 1 aliphatic heterocycles. The molecule has 9 heteroatoms. The van der Waals surface area contributed by atoms with E-state index in [-0.39, 0.29) is 16.6 Å². The van der Waals surface area contributed by atoms with Gasteiger partial charge < -0.3 is 14.7 Å². The Labute approximate surface area is 205 Å². The lowest BCUT2D eigenvalue weighted by atomic mass is 9.74. The largest absolute Gasteiger partial charge is 0.494 e. The third-order valence-corrected chi connectivity index (χ3v) is 7.47. The van der Waals surface area contributed by atoms with Crippen molar-refractivity contribution in [1.29, 1.82) is 0 Å². The number of pyridine rings is 1. The summed E-state index contributed by atoms with van der Waals surface area (Å²) in [5, 5.41) is 17.0. The molecule has 1 fully saturated rings. The molecule has 186 valence electrons. The van der Waals surface area contributed by atoms with Crippen molar-refractivity contribution in [1.82, 2.24) is 9.88 Å². The number of nitrogens with two attached hydrogens (primary N) is 1. The first-order valence-electron chi connectivity index (χ1n) is 11.6. The molecule has 2 aromatic carbocycles. The Morgan fingerprint density at radius 2 is 1.83 bits per heavy atom. The molecule has 1 aliphatic rings. The summed E-state index contributed by atoms with van der Waals surface area (Å²) >= 11 is 0. The van der Waals surface area contributed by atoms with Gasteiger partial charge in [-0.15, -0.1) is 0 Å². The summed E-state index contributed by atoms with van der Waals surface area (Å²) < 4.78 is 42.4. The van der Waals surface area contributed by atoms with Crippen LogP contribution in [0.1, 0.15) is 30.5 Å². The maximum absolute atomic E-state index is 14.0. The van der Waals surface area contributed by atoms with Crippen molar-refractivity contribution >= 4 is 10.0 Å². The molecular formula is C26H30FN3O4S. The molecule has 1 atom stereocenters. The third-order valence-electron chi connectivity index (χ3n) is 6.54. The van der Waals surface area contributed by atoms with Crippen molar-refractivity contribution in [3.05, 3.63) is 90.0 Å². The van der Waals surface area contributed by atoms with Crippen LogP contribution in [0.2, 0.25) is 0 Å². The summed E-state index contributed by atoms with van der Waals surface area (Å²) in [6.45, 7) is 2.94. The zero-order valence-electron chi connectivity index (χ0n) is 19.4. The Bertz CT molecular complexity index is 1220. The third kappa shape index (κ3) is 6.05. The number of halogens is 1.